The average Bonchev–Trinajstić information content (AvgIpc) is 2.79. The van der Waals surface area contributed by atoms with Gasteiger partial charge in [0, 0.05) is 31.2 Å². The summed E-state index contributed by atoms with van der Waals surface area (Å²) in [5.41, 5.74) is 1.43. The summed E-state index contributed by atoms with van der Waals surface area (Å²) >= 11 is 0. The maximum Gasteiger partial charge on any atom is 0.312 e. The second kappa shape index (κ2) is 13.2. The molecule has 0 fully saturated rings. The number of hydrogen-bond acceptors (Lipinski definition) is 5. The van der Waals surface area contributed by atoms with E-state index in [0.717, 1.165) is 25.8 Å². The predicted octanol–water partition coefficient (Wildman–Crippen LogP) is 4.52. The van der Waals surface area contributed by atoms with Gasteiger partial charge in [0.1, 0.15) is 5.76 Å². The van der Waals surface area contributed by atoms with Crippen LogP contribution in [0.25, 0.3) is 0 Å². The van der Waals surface area contributed by atoms with Crippen molar-refractivity contribution in [3.05, 3.63) is 48.5 Å². The van der Waals surface area contributed by atoms with E-state index in [0.29, 0.717) is 17.7 Å². The number of nitrogens with one attached hydrogen (secondary N) is 1. The van der Waals surface area contributed by atoms with Crippen LogP contribution >= 0.6 is 0 Å². The Hall–Kier alpha value is -2.34. The third-order valence-corrected chi connectivity index (χ3v) is 6.25. The van der Waals surface area contributed by atoms with Crippen LogP contribution in [0, 0.1) is 11.8 Å². The van der Waals surface area contributed by atoms with Crippen molar-refractivity contribution in [3.8, 4) is 0 Å². The number of likely N-dealkylation sites (N-methyl/N-ethyl adjacent to an activating group) is 1. The molecule has 0 aromatic carbocycles. The second-order valence-corrected chi connectivity index (χ2v) is 8.52. The Labute approximate surface area is 187 Å². The first-order valence-electron chi connectivity index (χ1n) is 11.4. The van der Waals surface area contributed by atoms with E-state index in [-0.39, 0.29) is 6.04 Å². The predicted molar refractivity (Wildman–Crippen MR) is 127 cm³/mol. The number of rotatable bonds is 13. The summed E-state index contributed by atoms with van der Waals surface area (Å²) in [6, 6.07) is 0.0924. The zero-order valence-electron chi connectivity index (χ0n) is 19.3. The molecule has 0 bridgehead atoms. The second-order valence-electron chi connectivity index (χ2n) is 8.52. The monoisotopic (exact) mass is 429 g/mol. The summed E-state index contributed by atoms with van der Waals surface area (Å²) in [6.45, 7) is 6.85. The fourth-order valence-corrected chi connectivity index (χ4v) is 4.10. The molecule has 6 heteroatoms. The summed E-state index contributed by atoms with van der Waals surface area (Å²) in [5.74, 6) is -0.00414. The van der Waals surface area contributed by atoms with Crippen molar-refractivity contribution in [1.82, 2.24) is 10.2 Å². The first-order valence-corrected chi connectivity index (χ1v) is 11.4. The lowest BCUT2D eigenvalue weighted by molar-refractivity contribution is -0.140. The molecule has 0 saturated heterocycles. The number of hydrogen-bond donors (Lipinski definition) is 2. The summed E-state index contributed by atoms with van der Waals surface area (Å²) < 4.78 is 5.11. The molecule has 2 N–H and O–H groups in total. The topological polar surface area (TPSA) is 74.2 Å². The zero-order chi connectivity index (χ0) is 22.6. The van der Waals surface area contributed by atoms with Crippen LogP contribution in [0.5, 0.6) is 0 Å². The van der Waals surface area contributed by atoms with Gasteiger partial charge in [-0.05, 0) is 57.6 Å². The molecule has 31 heavy (non-hydrogen) atoms. The van der Waals surface area contributed by atoms with Crippen molar-refractivity contribution in [2.45, 2.75) is 64.0 Å². The number of aliphatic imine (C=N–C) groups is 1. The van der Waals surface area contributed by atoms with Gasteiger partial charge in [0.15, 0.2) is 0 Å². The lowest BCUT2D eigenvalue weighted by Gasteiger charge is -2.32. The minimum atomic E-state index is -0.807. The Morgan fingerprint density at radius 3 is 3.00 bits per heavy atom. The van der Waals surface area contributed by atoms with Crippen LogP contribution in [0.4, 0.5) is 0 Å². The third kappa shape index (κ3) is 8.37. The van der Waals surface area contributed by atoms with Gasteiger partial charge in [0.05, 0.1) is 19.1 Å². The van der Waals surface area contributed by atoms with Crippen LogP contribution in [-0.2, 0) is 9.53 Å². The molecule has 0 amide bonds. The minimum absolute atomic E-state index is 0.209. The van der Waals surface area contributed by atoms with Crippen LogP contribution in [0.3, 0.4) is 0 Å². The van der Waals surface area contributed by atoms with E-state index in [1.165, 1.54) is 31.4 Å². The SMILES string of the molecule is C=C(/C=C\C(C)N(C)C1=CC(CCCCCNC2C=NC=CC2C(=O)O)CCC1)OC. The molecule has 1 aliphatic carbocycles. The highest BCUT2D eigenvalue weighted by Gasteiger charge is 2.25. The molecule has 6 nitrogen and oxygen atoms in total. The number of carboxylic acid groups (broad SMARTS) is 1. The van der Waals surface area contributed by atoms with Crippen molar-refractivity contribution < 1.29 is 14.6 Å². The van der Waals surface area contributed by atoms with Gasteiger partial charge < -0.3 is 20.1 Å². The minimum Gasteiger partial charge on any atom is -0.497 e. The maximum atomic E-state index is 11.3. The normalized spacial score (nSPS) is 24.1. The van der Waals surface area contributed by atoms with E-state index < -0.39 is 11.9 Å². The molecule has 0 saturated carbocycles. The fourth-order valence-electron chi connectivity index (χ4n) is 4.10. The highest BCUT2D eigenvalue weighted by Crippen LogP contribution is 2.29. The highest BCUT2D eigenvalue weighted by molar-refractivity contribution is 5.81. The van der Waals surface area contributed by atoms with E-state index >= 15 is 0 Å². The van der Waals surface area contributed by atoms with Crippen molar-refractivity contribution >= 4 is 12.2 Å². The molecule has 0 spiro atoms. The number of carboxylic acids is 1. The molecular weight excluding hydrogens is 390 g/mol. The standard InChI is InChI=1S/C25H39N3O3/c1-19(12-13-20(2)31-4)28(3)22-11-8-10-21(17-22)9-6-5-7-15-27-24-18-26-16-14-23(24)25(29)30/h12-14,16-19,21,23-24,27H,2,5-11,15H2,1,3-4H3,(H,29,30)/b13-12-. The van der Waals surface area contributed by atoms with Crippen LogP contribution in [-0.4, -0.2) is 55.0 Å². The summed E-state index contributed by atoms with van der Waals surface area (Å²) in [4.78, 5) is 17.7. The number of nitrogens with zero attached hydrogens (tertiary/aromatic N) is 2. The van der Waals surface area contributed by atoms with Gasteiger partial charge in [-0.2, -0.15) is 0 Å². The molecular formula is C25H39N3O3. The molecule has 0 aromatic rings. The van der Waals surface area contributed by atoms with E-state index in [9.17, 15) is 9.90 Å². The van der Waals surface area contributed by atoms with E-state index in [4.69, 9.17) is 4.74 Å². The molecule has 4 unspecified atom stereocenters. The third-order valence-electron chi connectivity index (χ3n) is 6.25. The van der Waals surface area contributed by atoms with Gasteiger partial charge >= 0.3 is 5.97 Å². The van der Waals surface area contributed by atoms with Crippen molar-refractivity contribution in [1.29, 1.82) is 0 Å². The van der Waals surface area contributed by atoms with Gasteiger partial charge in [-0.3, -0.25) is 9.79 Å². The molecule has 0 aromatic heterocycles. The Bertz CT molecular complexity index is 711. The smallest absolute Gasteiger partial charge is 0.312 e. The van der Waals surface area contributed by atoms with Gasteiger partial charge in [-0.15, -0.1) is 0 Å². The van der Waals surface area contributed by atoms with E-state index in [2.05, 4.69) is 47.9 Å². The lowest BCUT2D eigenvalue weighted by Crippen LogP contribution is -2.41. The maximum absolute atomic E-state index is 11.3. The number of ether oxygens (including phenoxy) is 1. The molecule has 1 heterocycles. The van der Waals surface area contributed by atoms with Gasteiger partial charge in [-0.25, -0.2) is 0 Å². The summed E-state index contributed by atoms with van der Waals surface area (Å²) in [5, 5.41) is 12.6. The Balaban J connectivity index is 1.69. The quantitative estimate of drug-likeness (QED) is 0.256. The van der Waals surface area contributed by atoms with Crippen LogP contribution in [0.15, 0.2) is 53.5 Å². The fraction of sp³-hybridized carbons (Fsp3) is 0.600. The van der Waals surface area contributed by atoms with Crippen molar-refractivity contribution in [3.63, 3.8) is 0 Å². The highest BCUT2D eigenvalue weighted by atomic mass is 16.5. The first-order chi connectivity index (χ1) is 14.9. The first kappa shape index (κ1) is 24.9. The van der Waals surface area contributed by atoms with E-state index in [1.54, 1.807) is 25.6 Å². The molecule has 1 aliphatic heterocycles. The Kier molecular flexibility index (Phi) is 10.6. The van der Waals surface area contributed by atoms with Gasteiger partial charge in [0.25, 0.3) is 0 Å². The summed E-state index contributed by atoms with van der Waals surface area (Å²) in [7, 11) is 3.80. The molecule has 172 valence electrons. The van der Waals surface area contributed by atoms with Crippen LogP contribution in [0.1, 0.15) is 51.9 Å². The molecule has 0 radical (unpaired) electrons. The number of aliphatic carboxylic acids is 1. The van der Waals surface area contributed by atoms with Gasteiger partial charge in [0.2, 0.25) is 0 Å². The molecule has 2 rings (SSSR count). The van der Waals surface area contributed by atoms with Crippen molar-refractivity contribution in [2.24, 2.45) is 16.8 Å². The van der Waals surface area contributed by atoms with E-state index in [1.807, 2.05) is 6.08 Å². The largest absolute Gasteiger partial charge is 0.497 e. The Morgan fingerprint density at radius 2 is 2.26 bits per heavy atom. The summed E-state index contributed by atoms with van der Waals surface area (Å²) in [6.07, 6.45) is 19.7. The average molecular weight is 430 g/mol. The molecule has 2 aliphatic rings. The zero-order valence-corrected chi connectivity index (χ0v) is 19.3. The number of carbonyl (C=O) groups is 1. The number of unbranched alkanes of at least 4 members (excludes halogenated alkanes) is 2. The van der Waals surface area contributed by atoms with Crippen LogP contribution < -0.4 is 5.32 Å². The Morgan fingerprint density at radius 1 is 1.45 bits per heavy atom. The van der Waals surface area contributed by atoms with Crippen molar-refractivity contribution in [2.75, 3.05) is 20.7 Å². The van der Waals surface area contributed by atoms with Crippen LogP contribution in [0.2, 0.25) is 0 Å². The lowest BCUT2D eigenvalue weighted by atomic mass is 9.88. The van der Waals surface area contributed by atoms with Gasteiger partial charge in [-0.1, -0.05) is 37.6 Å². The number of allylic oxidation sites excluding steroid dienone is 3. The number of methoxy groups -OCH3 is 1. The molecule has 4 atom stereocenters.